The maximum absolute atomic E-state index is 5.59. The van der Waals surface area contributed by atoms with Crippen molar-refractivity contribution in [2.24, 2.45) is 0 Å². The fraction of sp³-hybridized carbons (Fsp3) is 1.00. The van der Waals surface area contributed by atoms with Crippen molar-refractivity contribution in [1.29, 1.82) is 0 Å². The van der Waals surface area contributed by atoms with E-state index < -0.39 is 0 Å². The van der Waals surface area contributed by atoms with Crippen LogP contribution >= 0.6 is 0 Å². The third-order valence-electron chi connectivity index (χ3n) is 1.89. The topological polar surface area (TPSA) is 12.5 Å². The zero-order chi connectivity index (χ0) is 8.32. The molecule has 0 aliphatic carbocycles. The Morgan fingerprint density at radius 1 is 1.27 bits per heavy atom. The third kappa shape index (κ3) is 3.73. The molecule has 0 radical (unpaired) electrons. The molecule has 1 aliphatic rings. The predicted octanol–water partition coefficient (Wildman–Crippen LogP) is 1.51. The Bertz CT molecular complexity index is 113. The van der Waals surface area contributed by atoms with Gasteiger partial charge in [0.1, 0.15) is 0 Å². The van der Waals surface area contributed by atoms with Crippen LogP contribution < -0.4 is 0 Å². The summed E-state index contributed by atoms with van der Waals surface area (Å²) in [6.07, 6.45) is 1.37. The fourth-order valence-electron chi connectivity index (χ4n) is 1.09. The van der Waals surface area contributed by atoms with Crippen molar-refractivity contribution in [3.05, 3.63) is 0 Å². The number of hydrogen-bond acceptors (Lipinski definition) is 2. The van der Waals surface area contributed by atoms with Crippen molar-refractivity contribution in [3.63, 3.8) is 0 Å². The van der Waals surface area contributed by atoms with Gasteiger partial charge in [-0.05, 0) is 40.3 Å². The van der Waals surface area contributed by atoms with Crippen molar-refractivity contribution < 1.29 is 4.74 Å². The zero-order valence-electron chi connectivity index (χ0n) is 7.89. The van der Waals surface area contributed by atoms with Gasteiger partial charge < -0.3 is 9.64 Å². The van der Waals surface area contributed by atoms with E-state index >= 15 is 0 Å². The van der Waals surface area contributed by atoms with Crippen LogP contribution in [0, 0.1) is 0 Å². The minimum atomic E-state index is 0.0326. The summed E-state index contributed by atoms with van der Waals surface area (Å²) in [5.74, 6) is 0. The second-order valence-corrected chi connectivity index (χ2v) is 4.16. The van der Waals surface area contributed by atoms with E-state index in [0.717, 1.165) is 13.2 Å². The van der Waals surface area contributed by atoms with Crippen molar-refractivity contribution >= 4 is 0 Å². The van der Waals surface area contributed by atoms with E-state index in [-0.39, 0.29) is 5.60 Å². The molecule has 0 saturated carbocycles. The van der Waals surface area contributed by atoms with Crippen molar-refractivity contribution in [2.45, 2.75) is 32.8 Å². The highest BCUT2D eigenvalue weighted by Gasteiger charge is 2.15. The number of rotatable bonds is 3. The Morgan fingerprint density at radius 2 is 1.91 bits per heavy atom. The Morgan fingerprint density at radius 3 is 2.27 bits per heavy atom. The number of likely N-dealkylation sites (tertiary alicyclic amines) is 1. The Kier molecular flexibility index (Phi) is 2.90. The predicted molar refractivity (Wildman–Crippen MR) is 46.8 cm³/mol. The molecule has 0 N–H and O–H groups in total. The molecule has 1 aliphatic heterocycles. The van der Waals surface area contributed by atoms with E-state index in [1.165, 1.54) is 19.5 Å². The molecule has 1 fully saturated rings. The molecule has 0 amide bonds. The normalized spacial score (nSPS) is 19.9. The molecule has 1 heterocycles. The van der Waals surface area contributed by atoms with Gasteiger partial charge in [0, 0.05) is 6.54 Å². The van der Waals surface area contributed by atoms with Gasteiger partial charge in [-0.1, -0.05) is 0 Å². The first-order chi connectivity index (χ1) is 5.08. The molecule has 66 valence electrons. The van der Waals surface area contributed by atoms with Gasteiger partial charge in [-0.3, -0.25) is 0 Å². The van der Waals surface area contributed by atoms with Gasteiger partial charge >= 0.3 is 0 Å². The smallest absolute Gasteiger partial charge is 0.0600 e. The van der Waals surface area contributed by atoms with E-state index in [2.05, 4.69) is 25.7 Å². The monoisotopic (exact) mass is 157 g/mol. The summed E-state index contributed by atoms with van der Waals surface area (Å²) in [5, 5.41) is 0. The zero-order valence-corrected chi connectivity index (χ0v) is 7.89. The van der Waals surface area contributed by atoms with E-state index in [1.807, 2.05) is 0 Å². The Labute approximate surface area is 69.5 Å². The van der Waals surface area contributed by atoms with Crippen LogP contribution in [0.2, 0.25) is 0 Å². The van der Waals surface area contributed by atoms with Crippen LogP contribution in [0.4, 0.5) is 0 Å². The first-order valence-corrected chi connectivity index (χ1v) is 4.44. The molecule has 0 spiro atoms. The van der Waals surface area contributed by atoms with Gasteiger partial charge in [0.25, 0.3) is 0 Å². The van der Waals surface area contributed by atoms with Crippen LogP contribution in [0.5, 0.6) is 0 Å². The third-order valence-corrected chi connectivity index (χ3v) is 1.89. The summed E-state index contributed by atoms with van der Waals surface area (Å²) in [7, 11) is 0. The van der Waals surface area contributed by atoms with Crippen molar-refractivity contribution in [3.8, 4) is 0 Å². The van der Waals surface area contributed by atoms with Crippen LogP contribution in [0.1, 0.15) is 27.2 Å². The van der Waals surface area contributed by atoms with Crippen molar-refractivity contribution in [1.82, 2.24) is 4.90 Å². The molecule has 0 bridgehead atoms. The van der Waals surface area contributed by atoms with E-state index in [1.54, 1.807) is 0 Å². The molecule has 0 atom stereocenters. The highest BCUT2D eigenvalue weighted by molar-refractivity contribution is 4.68. The highest BCUT2D eigenvalue weighted by atomic mass is 16.5. The molecule has 1 saturated heterocycles. The minimum Gasteiger partial charge on any atom is -0.375 e. The molecular formula is C9H19NO. The summed E-state index contributed by atoms with van der Waals surface area (Å²) >= 11 is 0. The van der Waals surface area contributed by atoms with Crippen molar-refractivity contribution in [2.75, 3.05) is 26.2 Å². The summed E-state index contributed by atoms with van der Waals surface area (Å²) in [4.78, 5) is 2.42. The second kappa shape index (κ2) is 3.55. The van der Waals surface area contributed by atoms with Crippen LogP contribution in [0.15, 0.2) is 0 Å². The number of nitrogens with zero attached hydrogens (tertiary/aromatic N) is 1. The lowest BCUT2D eigenvalue weighted by Gasteiger charge is -2.31. The molecule has 0 aromatic carbocycles. The summed E-state index contributed by atoms with van der Waals surface area (Å²) < 4.78 is 5.59. The number of ether oxygens (including phenoxy) is 1. The van der Waals surface area contributed by atoms with Crippen LogP contribution in [0.25, 0.3) is 0 Å². The Hall–Kier alpha value is -0.0800. The largest absolute Gasteiger partial charge is 0.375 e. The lowest BCUT2D eigenvalue weighted by Crippen LogP contribution is -2.40. The SMILES string of the molecule is CC(C)(C)OCCN1CCC1. The lowest BCUT2D eigenvalue weighted by molar-refractivity contribution is -0.0194. The second-order valence-electron chi connectivity index (χ2n) is 4.16. The highest BCUT2D eigenvalue weighted by Crippen LogP contribution is 2.08. The quantitative estimate of drug-likeness (QED) is 0.615. The summed E-state index contributed by atoms with van der Waals surface area (Å²) in [6, 6.07) is 0. The van der Waals surface area contributed by atoms with Gasteiger partial charge in [-0.25, -0.2) is 0 Å². The standard InChI is InChI=1S/C9H19NO/c1-9(2,3)11-8-7-10-5-4-6-10/h4-8H2,1-3H3. The first kappa shape index (κ1) is 9.01. The number of hydrogen-bond donors (Lipinski definition) is 0. The van der Waals surface area contributed by atoms with Gasteiger partial charge in [-0.2, -0.15) is 0 Å². The van der Waals surface area contributed by atoms with Gasteiger partial charge in [-0.15, -0.1) is 0 Å². The molecule has 0 aromatic heterocycles. The summed E-state index contributed by atoms with van der Waals surface area (Å²) in [6.45, 7) is 10.8. The lowest BCUT2D eigenvalue weighted by atomic mass is 10.2. The maximum atomic E-state index is 5.59. The van der Waals surface area contributed by atoms with Crippen LogP contribution in [-0.4, -0.2) is 36.7 Å². The Balaban J connectivity index is 1.95. The molecule has 2 nitrogen and oxygen atoms in total. The van der Waals surface area contributed by atoms with Gasteiger partial charge in [0.05, 0.1) is 12.2 Å². The van der Waals surface area contributed by atoms with Crippen LogP contribution in [0.3, 0.4) is 0 Å². The first-order valence-electron chi connectivity index (χ1n) is 4.44. The molecular weight excluding hydrogens is 138 g/mol. The minimum absolute atomic E-state index is 0.0326. The maximum Gasteiger partial charge on any atom is 0.0600 e. The average molecular weight is 157 g/mol. The summed E-state index contributed by atoms with van der Waals surface area (Å²) in [5.41, 5.74) is 0.0326. The van der Waals surface area contributed by atoms with Gasteiger partial charge in [0.15, 0.2) is 0 Å². The molecule has 1 rings (SSSR count). The molecule has 2 heteroatoms. The van der Waals surface area contributed by atoms with Crippen LogP contribution in [-0.2, 0) is 4.74 Å². The fourth-order valence-corrected chi connectivity index (χ4v) is 1.09. The van der Waals surface area contributed by atoms with E-state index in [9.17, 15) is 0 Å². The average Bonchev–Trinajstić information content (AvgIpc) is 1.73. The van der Waals surface area contributed by atoms with Gasteiger partial charge in [0.2, 0.25) is 0 Å². The molecule has 11 heavy (non-hydrogen) atoms. The van der Waals surface area contributed by atoms with E-state index in [0.29, 0.717) is 0 Å². The van der Waals surface area contributed by atoms with E-state index in [4.69, 9.17) is 4.74 Å². The molecule has 0 aromatic rings. The molecule has 0 unspecified atom stereocenters.